The van der Waals surface area contributed by atoms with E-state index in [1.807, 2.05) is 0 Å². The second-order valence-electron chi connectivity index (χ2n) is 6.07. The Bertz CT molecular complexity index is 820. The van der Waals surface area contributed by atoms with Crippen molar-refractivity contribution >= 4 is 40.6 Å². The molecule has 2 N–H and O–H groups in total. The lowest BCUT2D eigenvalue weighted by molar-refractivity contribution is -0.117. The molecule has 0 radical (unpaired) electrons. The molecule has 1 saturated heterocycles. The molecule has 1 amide bonds. The topological polar surface area (TPSA) is 61.4 Å². The van der Waals surface area contributed by atoms with E-state index in [2.05, 4.69) is 15.5 Å². The number of carbonyl (C=O) groups excluding carboxylic acids is 2. The summed E-state index contributed by atoms with van der Waals surface area (Å²) in [6.45, 7) is 3.65. The Labute approximate surface area is 162 Å². The van der Waals surface area contributed by atoms with Crippen molar-refractivity contribution in [2.45, 2.75) is 0 Å². The Morgan fingerprint density at radius 2 is 1.77 bits per heavy atom. The van der Waals surface area contributed by atoms with Crippen LogP contribution >= 0.6 is 23.2 Å². The van der Waals surface area contributed by atoms with Gasteiger partial charge in [0.2, 0.25) is 5.91 Å². The highest BCUT2D eigenvalue weighted by Gasteiger charge is 2.19. The summed E-state index contributed by atoms with van der Waals surface area (Å²) in [5, 5.41) is 6.85. The zero-order valence-corrected chi connectivity index (χ0v) is 15.6. The number of halogens is 2. The maximum atomic E-state index is 12.9. The third-order valence-electron chi connectivity index (χ3n) is 4.20. The van der Waals surface area contributed by atoms with Gasteiger partial charge in [0.15, 0.2) is 5.78 Å². The van der Waals surface area contributed by atoms with E-state index in [-0.39, 0.29) is 18.2 Å². The second-order valence-corrected chi connectivity index (χ2v) is 6.92. The molecule has 3 rings (SSSR count). The quantitative estimate of drug-likeness (QED) is 0.768. The van der Waals surface area contributed by atoms with Crippen molar-refractivity contribution in [2.75, 3.05) is 38.0 Å². The summed E-state index contributed by atoms with van der Waals surface area (Å²) in [5.74, 6) is -0.446. The lowest BCUT2D eigenvalue weighted by Gasteiger charge is -2.26. The molecule has 0 spiro atoms. The minimum atomic E-state index is -0.282. The molecule has 136 valence electrons. The fourth-order valence-corrected chi connectivity index (χ4v) is 3.26. The molecule has 7 heteroatoms. The average Bonchev–Trinajstić information content (AvgIpc) is 2.64. The maximum Gasteiger partial charge on any atom is 0.238 e. The van der Waals surface area contributed by atoms with Crippen LogP contribution in [0, 0.1) is 0 Å². The molecule has 2 aromatic carbocycles. The normalized spacial score (nSPS) is 14.8. The van der Waals surface area contributed by atoms with Crippen LogP contribution in [0.4, 0.5) is 5.69 Å². The molecule has 1 heterocycles. The van der Waals surface area contributed by atoms with Gasteiger partial charge in [-0.15, -0.1) is 0 Å². The van der Waals surface area contributed by atoms with Gasteiger partial charge in [-0.05, 0) is 30.3 Å². The molecule has 0 atom stereocenters. The largest absolute Gasteiger partial charge is 0.324 e. The number of anilines is 1. The molecule has 0 aliphatic carbocycles. The Morgan fingerprint density at radius 3 is 2.50 bits per heavy atom. The van der Waals surface area contributed by atoms with Gasteiger partial charge < -0.3 is 10.6 Å². The van der Waals surface area contributed by atoms with Crippen LogP contribution in [0.25, 0.3) is 0 Å². The molecule has 0 saturated carbocycles. The number of ketones is 1. The summed E-state index contributed by atoms with van der Waals surface area (Å²) < 4.78 is 0. The molecular formula is C19H19Cl2N3O2. The van der Waals surface area contributed by atoms with E-state index in [1.54, 1.807) is 42.5 Å². The van der Waals surface area contributed by atoms with E-state index in [4.69, 9.17) is 23.2 Å². The standard InChI is InChI=1S/C19H19Cl2N3O2/c20-13-5-6-17(23-18(25)12-24-9-7-22-8-10-24)15(11-13)19(26)14-3-1-2-4-16(14)21/h1-6,11,22H,7-10,12H2,(H,23,25). The number of carbonyl (C=O) groups is 2. The Balaban J connectivity index is 1.80. The molecule has 2 aromatic rings. The number of piperazine rings is 1. The molecule has 1 fully saturated rings. The number of hydrogen-bond donors (Lipinski definition) is 2. The van der Waals surface area contributed by atoms with Crippen LogP contribution in [-0.2, 0) is 4.79 Å². The summed E-state index contributed by atoms with van der Waals surface area (Å²) in [6.07, 6.45) is 0. The monoisotopic (exact) mass is 391 g/mol. The van der Waals surface area contributed by atoms with Gasteiger partial charge in [0.05, 0.1) is 17.3 Å². The van der Waals surface area contributed by atoms with Crippen LogP contribution < -0.4 is 10.6 Å². The maximum absolute atomic E-state index is 12.9. The van der Waals surface area contributed by atoms with E-state index in [0.29, 0.717) is 26.9 Å². The Hall–Kier alpha value is -1.92. The molecule has 1 aliphatic heterocycles. The molecular weight excluding hydrogens is 373 g/mol. The fraction of sp³-hybridized carbons (Fsp3) is 0.263. The summed E-state index contributed by atoms with van der Waals surface area (Å²) in [4.78, 5) is 27.4. The average molecular weight is 392 g/mol. The molecule has 1 aliphatic rings. The van der Waals surface area contributed by atoms with Crippen molar-refractivity contribution < 1.29 is 9.59 Å². The first-order valence-corrected chi connectivity index (χ1v) is 9.12. The number of benzene rings is 2. The van der Waals surface area contributed by atoms with Gasteiger partial charge in [0.25, 0.3) is 0 Å². The predicted octanol–water partition coefficient (Wildman–Crippen LogP) is 3.07. The van der Waals surface area contributed by atoms with E-state index in [9.17, 15) is 9.59 Å². The predicted molar refractivity (Wildman–Crippen MR) is 104 cm³/mol. The first-order chi connectivity index (χ1) is 12.5. The second kappa shape index (κ2) is 8.64. The van der Waals surface area contributed by atoms with Crippen molar-refractivity contribution in [3.63, 3.8) is 0 Å². The SMILES string of the molecule is O=C(CN1CCNCC1)Nc1ccc(Cl)cc1C(=O)c1ccccc1Cl. The zero-order chi connectivity index (χ0) is 18.5. The number of nitrogens with zero attached hydrogens (tertiary/aromatic N) is 1. The van der Waals surface area contributed by atoms with Crippen molar-refractivity contribution in [3.8, 4) is 0 Å². The summed E-state index contributed by atoms with van der Waals surface area (Å²) >= 11 is 12.2. The van der Waals surface area contributed by atoms with Gasteiger partial charge in [-0.2, -0.15) is 0 Å². The van der Waals surface area contributed by atoms with Crippen LogP contribution in [0.15, 0.2) is 42.5 Å². The highest BCUT2D eigenvalue weighted by atomic mass is 35.5. The van der Waals surface area contributed by atoms with Crippen LogP contribution in [0.5, 0.6) is 0 Å². The van der Waals surface area contributed by atoms with Crippen molar-refractivity contribution in [3.05, 3.63) is 63.6 Å². The molecule has 5 nitrogen and oxygen atoms in total. The first kappa shape index (κ1) is 18.9. The van der Waals surface area contributed by atoms with Crippen molar-refractivity contribution in [1.82, 2.24) is 10.2 Å². The van der Waals surface area contributed by atoms with E-state index in [1.165, 1.54) is 0 Å². The van der Waals surface area contributed by atoms with Crippen LogP contribution in [-0.4, -0.2) is 49.3 Å². The van der Waals surface area contributed by atoms with Gasteiger partial charge in [0.1, 0.15) is 0 Å². The number of amides is 1. The lowest BCUT2D eigenvalue weighted by Crippen LogP contribution is -2.46. The highest BCUT2D eigenvalue weighted by Crippen LogP contribution is 2.26. The van der Waals surface area contributed by atoms with Gasteiger partial charge in [0, 0.05) is 42.3 Å². The van der Waals surface area contributed by atoms with E-state index < -0.39 is 0 Å². The number of nitrogens with one attached hydrogen (secondary N) is 2. The summed E-state index contributed by atoms with van der Waals surface area (Å²) in [7, 11) is 0. The van der Waals surface area contributed by atoms with Gasteiger partial charge in [-0.1, -0.05) is 35.3 Å². The van der Waals surface area contributed by atoms with Gasteiger partial charge >= 0.3 is 0 Å². The molecule has 0 bridgehead atoms. The Morgan fingerprint density at radius 1 is 1.04 bits per heavy atom. The van der Waals surface area contributed by atoms with Crippen LogP contribution in [0.3, 0.4) is 0 Å². The van der Waals surface area contributed by atoms with Crippen molar-refractivity contribution in [2.24, 2.45) is 0 Å². The summed E-state index contributed by atoms with van der Waals surface area (Å²) in [5.41, 5.74) is 1.12. The first-order valence-electron chi connectivity index (χ1n) is 8.36. The summed E-state index contributed by atoms with van der Waals surface area (Å²) in [6, 6.07) is 11.6. The molecule has 0 unspecified atom stereocenters. The van der Waals surface area contributed by atoms with E-state index >= 15 is 0 Å². The lowest BCUT2D eigenvalue weighted by atomic mass is 10.0. The zero-order valence-electron chi connectivity index (χ0n) is 14.1. The molecule has 26 heavy (non-hydrogen) atoms. The minimum Gasteiger partial charge on any atom is -0.324 e. The van der Waals surface area contributed by atoms with E-state index in [0.717, 1.165) is 26.2 Å². The molecule has 0 aromatic heterocycles. The third kappa shape index (κ3) is 4.62. The highest BCUT2D eigenvalue weighted by molar-refractivity contribution is 6.36. The Kier molecular flexibility index (Phi) is 6.27. The minimum absolute atomic E-state index is 0.164. The smallest absolute Gasteiger partial charge is 0.238 e. The van der Waals surface area contributed by atoms with Crippen molar-refractivity contribution in [1.29, 1.82) is 0 Å². The number of hydrogen-bond acceptors (Lipinski definition) is 4. The van der Waals surface area contributed by atoms with Crippen LogP contribution in [0.1, 0.15) is 15.9 Å². The third-order valence-corrected chi connectivity index (χ3v) is 4.76. The van der Waals surface area contributed by atoms with Crippen LogP contribution in [0.2, 0.25) is 10.0 Å². The van der Waals surface area contributed by atoms with Gasteiger partial charge in [-0.3, -0.25) is 14.5 Å². The fourth-order valence-electron chi connectivity index (χ4n) is 2.87. The number of rotatable bonds is 5. The van der Waals surface area contributed by atoms with Gasteiger partial charge in [-0.25, -0.2) is 0 Å².